The Kier molecular flexibility index (Phi) is 5.37. The van der Waals surface area contributed by atoms with Crippen molar-refractivity contribution in [3.8, 4) is 0 Å². The predicted octanol–water partition coefficient (Wildman–Crippen LogP) is -0.783. The number of rotatable bonds is 5. The molecule has 0 radical (unpaired) electrons. The second-order valence-electron chi connectivity index (χ2n) is 4.28. The van der Waals surface area contributed by atoms with E-state index in [1.165, 1.54) is 0 Å². The van der Waals surface area contributed by atoms with Crippen molar-refractivity contribution in [1.82, 2.24) is 4.90 Å². The Hall–Kier alpha value is -1.14. The van der Waals surface area contributed by atoms with Crippen LogP contribution in [0.5, 0.6) is 0 Å². The van der Waals surface area contributed by atoms with E-state index < -0.39 is 11.9 Å². The van der Waals surface area contributed by atoms with Gasteiger partial charge in [0.2, 0.25) is 11.8 Å². The maximum absolute atomic E-state index is 11.9. The van der Waals surface area contributed by atoms with Crippen molar-refractivity contribution < 1.29 is 14.3 Å². The van der Waals surface area contributed by atoms with Crippen molar-refractivity contribution in [2.45, 2.75) is 38.3 Å². The Balaban J connectivity index is 2.48. The van der Waals surface area contributed by atoms with Gasteiger partial charge in [0.05, 0.1) is 18.6 Å². The van der Waals surface area contributed by atoms with Gasteiger partial charge in [-0.15, -0.1) is 0 Å². The lowest BCUT2D eigenvalue weighted by Crippen LogP contribution is -2.50. The first kappa shape index (κ1) is 13.9. The van der Waals surface area contributed by atoms with Crippen LogP contribution in [0.4, 0.5) is 0 Å². The smallest absolute Gasteiger partial charge is 0.240 e. The molecule has 1 heterocycles. The molecule has 0 spiro atoms. The van der Waals surface area contributed by atoms with E-state index in [9.17, 15) is 9.59 Å². The largest absolute Gasteiger partial charge is 0.377 e. The number of nitrogens with zero attached hydrogens (tertiary/aromatic N) is 1. The average molecular weight is 243 g/mol. The van der Waals surface area contributed by atoms with Gasteiger partial charge in [0.25, 0.3) is 0 Å². The summed E-state index contributed by atoms with van der Waals surface area (Å²) in [7, 11) is 0. The van der Waals surface area contributed by atoms with Gasteiger partial charge in [0.15, 0.2) is 0 Å². The number of carbonyl (C=O) groups is 2. The van der Waals surface area contributed by atoms with E-state index >= 15 is 0 Å². The fourth-order valence-electron chi connectivity index (χ4n) is 2.05. The summed E-state index contributed by atoms with van der Waals surface area (Å²) in [4.78, 5) is 24.3. The number of likely N-dealkylation sites (tertiary alicyclic amines) is 1. The molecule has 6 heteroatoms. The number of ether oxygens (including phenoxy) is 1. The van der Waals surface area contributed by atoms with Crippen LogP contribution in [0.3, 0.4) is 0 Å². The zero-order valence-corrected chi connectivity index (χ0v) is 10.2. The first-order valence-electron chi connectivity index (χ1n) is 5.98. The van der Waals surface area contributed by atoms with E-state index in [1.807, 2.05) is 6.92 Å². The highest BCUT2D eigenvalue weighted by Gasteiger charge is 2.27. The third kappa shape index (κ3) is 4.32. The molecule has 2 unspecified atom stereocenters. The van der Waals surface area contributed by atoms with E-state index in [2.05, 4.69) is 0 Å². The fraction of sp³-hybridized carbons (Fsp3) is 0.818. The molecule has 6 nitrogen and oxygen atoms in total. The Morgan fingerprint density at radius 2 is 2.24 bits per heavy atom. The van der Waals surface area contributed by atoms with Gasteiger partial charge in [-0.25, -0.2) is 0 Å². The molecule has 2 atom stereocenters. The molecule has 0 saturated carbocycles. The number of amides is 2. The third-order valence-corrected chi connectivity index (χ3v) is 2.83. The molecule has 1 saturated heterocycles. The normalized spacial score (nSPS) is 22.2. The lowest BCUT2D eigenvalue weighted by Gasteiger charge is -2.33. The number of primary amides is 1. The molecule has 4 N–H and O–H groups in total. The van der Waals surface area contributed by atoms with Crippen LogP contribution in [0, 0.1) is 0 Å². The Morgan fingerprint density at radius 1 is 1.53 bits per heavy atom. The summed E-state index contributed by atoms with van der Waals surface area (Å²) in [6.07, 6.45) is 1.84. The highest BCUT2D eigenvalue weighted by molar-refractivity contribution is 5.87. The van der Waals surface area contributed by atoms with Crippen LogP contribution in [0.2, 0.25) is 0 Å². The minimum Gasteiger partial charge on any atom is -0.377 e. The molecule has 1 aliphatic heterocycles. The summed E-state index contributed by atoms with van der Waals surface area (Å²) < 4.78 is 5.50. The molecule has 17 heavy (non-hydrogen) atoms. The van der Waals surface area contributed by atoms with Crippen LogP contribution >= 0.6 is 0 Å². The monoisotopic (exact) mass is 243 g/mol. The minimum atomic E-state index is -0.826. The lowest BCUT2D eigenvalue weighted by molar-refractivity contribution is -0.138. The van der Waals surface area contributed by atoms with Crippen LogP contribution in [-0.4, -0.2) is 48.6 Å². The standard InChI is InChI=1S/C11H21N3O3/c1-2-17-8-4-3-5-14(7-8)11(16)9(12)6-10(13)15/h8-9H,2-7,12H2,1H3,(H2,13,15). The Labute approximate surface area is 101 Å². The van der Waals surface area contributed by atoms with E-state index in [-0.39, 0.29) is 18.4 Å². The molecule has 1 aliphatic rings. The Bertz CT molecular complexity index is 281. The molecular formula is C11H21N3O3. The van der Waals surface area contributed by atoms with E-state index in [4.69, 9.17) is 16.2 Å². The van der Waals surface area contributed by atoms with Crippen molar-refractivity contribution in [1.29, 1.82) is 0 Å². The van der Waals surface area contributed by atoms with E-state index in [0.717, 1.165) is 12.8 Å². The second-order valence-corrected chi connectivity index (χ2v) is 4.28. The SMILES string of the molecule is CCOC1CCCN(C(=O)C(N)CC(N)=O)C1. The lowest BCUT2D eigenvalue weighted by atomic mass is 10.1. The molecular weight excluding hydrogens is 222 g/mol. The highest BCUT2D eigenvalue weighted by Crippen LogP contribution is 2.14. The third-order valence-electron chi connectivity index (χ3n) is 2.83. The average Bonchev–Trinajstić information content (AvgIpc) is 2.28. The summed E-state index contributed by atoms with van der Waals surface area (Å²) in [6.45, 7) is 3.80. The summed E-state index contributed by atoms with van der Waals surface area (Å²) in [6, 6.07) is -0.826. The maximum atomic E-state index is 11.9. The number of hydrogen-bond donors (Lipinski definition) is 2. The molecule has 0 aliphatic carbocycles. The van der Waals surface area contributed by atoms with Crippen LogP contribution in [0.15, 0.2) is 0 Å². The fourth-order valence-corrected chi connectivity index (χ4v) is 2.05. The summed E-state index contributed by atoms with van der Waals surface area (Å²) in [5.41, 5.74) is 10.7. The zero-order chi connectivity index (χ0) is 12.8. The van der Waals surface area contributed by atoms with E-state index in [1.54, 1.807) is 4.90 Å². The van der Waals surface area contributed by atoms with Crippen LogP contribution in [0.25, 0.3) is 0 Å². The van der Waals surface area contributed by atoms with Gasteiger partial charge in [0.1, 0.15) is 0 Å². The highest BCUT2D eigenvalue weighted by atomic mass is 16.5. The molecule has 0 bridgehead atoms. The van der Waals surface area contributed by atoms with Gasteiger partial charge in [-0.05, 0) is 19.8 Å². The number of piperidine rings is 1. The topological polar surface area (TPSA) is 98.7 Å². The Morgan fingerprint density at radius 3 is 2.82 bits per heavy atom. The van der Waals surface area contributed by atoms with Gasteiger partial charge in [-0.2, -0.15) is 0 Å². The summed E-state index contributed by atoms with van der Waals surface area (Å²) >= 11 is 0. The summed E-state index contributed by atoms with van der Waals surface area (Å²) in [5, 5.41) is 0. The van der Waals surface area contributed by atoms with Gasteiger partial charge < -0.3 is 21.1 Å². The maximum Gasteiger partial charge on any atom is 0.240 e. The summed E-state index contributed by atoms with van der Waals surface area (Å²) in [5.74, 6) is -0.766. The quantitative estimate of drug-likeness (QED) is 0.661. The van der Waals surface area contributed by atoms with Crippen LogP contribution < -0.4 is 11.5 Å². The van der Waals surface area contributed by atoms with Crippen molar-refractivity contribution in [3.63, 3.8) is 0 Å². The van der Waals surface area contributed by atoms with Crippen molar-refractivity contribution in [2.75, 3.05) is 19.7 Å². The molecule has 1 fully saturated rings. The molecule has 1 rings (SSSR count). The second kappa shape index (κ2) is 6.56. The van der Waals surface area contributed by atoms with Gasteiger partial charge in [-0.1, -0.05) is 0 Å². The molecule has 98 valence electrons. The van der Waals surface area contributed by atoms with Crippen molar-refractivity contribution in [2.24, 2.45) is 11.5 Å². The number of nitrogens with two attached hydrogens (primary N) is 2. The number of hydrogen-bond acceptors (Lipinski definition) is 4. The predicted molar refractivity (Wildman–Crippen MR) is 63.0 cm³/mol. The first-order chi connectivity index (χ1) is 8.04. The van der Waals surface area contributed by atoms with Gasteiger partial charge in [-0.3, -0.25) is 9.59 Å². The molecule has 0 aromatic rings. The van der Waals surface area contributed by atoms with Gasteiger partial charge in [0, 0.05) is 19.7 Å². The molecule has 0 aromatic carbocycles. The first-order valence-corrected chi connectivity index (χ1v) is 5.98. The molecule has 0 aromatic heterocycles. The number of carbonyl (C=O) groups excluding carboxylic acids is 2. The van der Waals surface area contributed by atoms with Crippen molar-refractivity contribution >= 4 is 11.8 Å². The van der Waals surface area contributed by atoms with E-state index in [0.29, 0.717) is 19.7 Å². The van der Waals surface area contributed by atoms with Gasteiger partial charge >= 0.3 is 0 Å². The minimum absolute atomic E-state index is 0.0819. The van der Waals surface area contributed by atoms with Crippen molar-refractivity contribution in [3.05, 3.63) is 0 Å². The zero-order valence-electron chi connectivity index (χ0n) is 10.2. The van der Waals surface area contributed by atoms with Crippen LogP contribution in [0.1, 0.15) is 26.2 Å². The van der Waals surface area contributed by atoms with Crippen LogP contribution in [-0.2, 0) is 14.3 Å². The molecule has 2 amide bonds.